The first-order valence-corrected chi connectivity index (χ1v) is 11.2. The van der Waals surface area contributed by atoms with Gasteiger partial charge in [-0.2, -0.15) is 0 Å². The molecule has 1 heterocycles. The number of benzene rings is 2. The molecule has 2 unspecified atom stereocenters. The summed E-state index contributed by atoms with van der Waals surface area (Å²) in [6, 6.07) is 16.1. The summed E-state index contributed by atoms with van der Waals surface area (Å²) >= 11 is 0. The Balaban J connectivity index is 1.27. The normalized spacial score (nSPS) is 18.4. The predicted molar refractivity (Wildman–Crippen MR) is 124 cm³/mol. The number of hydrogen-bond donors (Lipinski definition) is 2. The summed E-state index contributed by atoms with van der Waals surface area (Å²) in [5.74, 6) is 2.73. The van der Waals surface area contributed by atoms with Crippen LogP contribution >= 0.6 is 0 Å². The Hall–Kier alpha value is -3.83. The molecule has 2 aromatic rings. The molecule has 2 aliphatic rings. The van der Waals surface area contributed by atoms with E-state index in [4.69, 9.17) is 9.47 Å². The molecular weight excluding hydrogens is 436 g/mol. The van der Waals surface area contributed by atoms with Crippen LogP contribution in [0.25, 0.3) is 11.1 Å². The monoisotopic (exact) mass is 462 g/mol. The zero-order valence-corrected chi connectivity index (χ0v) is 18.8. The Bertz CT molecular complexity index is 1110. The van der Waals surface area contributed by atoms with Gasteiger partial charge in [-0.3, -0.25) is 9.59 Å². The van der Waals surface area contributed by atoms with Crippen LogP contribution in [0.5, 0.6) is 0 Å². The highest BCUT2D eigenvalue weighted by atomic mass is 16.5. The molecule has 8 nitrogen and oxygen atoms in total. The van der Waals surface area contributed by atoms with Crippen molar-refractivity contribution in [1.29, 1.82) is 0 Å². The highest BCUT2D eigenvalue weighted by molar-refractivity contribution is 5.94. The van der Waals surface area contributed by atoms with Crippen LogP contribution in [-0.2, 0) is 19.1 Å². The number of fused-ring (bicyclic) bond motifs is 3. The number of likely N-dealkylation sites (tertiary alicyclic amines) is 1. The molecule has 2 aromatic carbocycles. The van der Waals surface area contributed by atoms with Gasteiger partial charge in [0.1, 0.15) is 12.5 Å². The molecule has 2 amide bonds. The van der Waals surface area contributed by atoms with E-state index in [0.717, 1.165) is 22.3 Å². The standard InChI is InChI=1S/C26H26N2O6/c1-2-33-23-15-28(14-21(23)25(30)31)24(29)12-7-13-27-26(32)34-16-22-19-10-5-3-8-17(19)18-9-4-6-11-20(18)22/h3-6,8-11,21-23H,2,13-16H2,1H3,(H,27,32)(H,30,31). The first-order chi connectivity index (χ1) is 16.5. The predicted octanol–water partition coefficient (Wildman–Crippen LogP) is 2.48. The number of nitrogens with zero attached hydrogens (tertiary/aromatic N) is 1. The van der Waals surface area contributed by atoms with E-state index in [9.17, 15) is 19.5 Å². The fourth-order valence-corrected chi connectivity index (χ4v) is 4.52. The molecule has 0 saturated carbocycles. The Kier molecular flexibility index (Phi) is 7.14. The molecule has 0 radical (unpaired) electrons. The first kappa shape index (κ1) is 23.3. The highest BCUT2D eigenvalue weighted by Gasteiger charge is 2.40. The van der Waals surface area contributed by atoms with Crippen molar-refractivity contribution in [2.45, 2.75) is 18.9 Å². The zero-order chi connectivity index (χ0) is 24.1. The third-order valence-corrected chi connectivity index (χ3v) is 6.11. The Morgan fingerprint density at radius 1 is 1.06 bits per heavy atom. The van der Waals surface area contributed by atoms with Crippen LogP contribution < -0.4 is 5.32 Å². The lowest BCUT2D eigenvalue weighted by molar-refractivity contribution is -0.145. The molecule has 1 aliphatic heterocycles. The molecule has 176 valence electrons. The van der Waals surface area contributed by atoms with Crippen molar-refractivity contribution in [2.75, 3.05) is 32.8 Å². The van der Waals surface area contributed by atoms with Crippen molar-refractivity contribution in [3.05, 3.63) is 59.7 Å². The molecule has 2 atom stereocenters. The van der Waals surface area contributed by atoms with Gasteiger partial charge in [-0.05, 0) is 35.1 Å². The molecular formula is C26H26N2O6. The van der Waals surface area contributed by atoms with E-state index in [-0.39, 0.29) is 32.2 Å². The fourth-order valence-electron chi connectivity index (χ4n) is 4.52. The summed E-state index contributed by atoms with van der Waals surface area (Å²) in [5, 5.41) is 11.8. The molecule has 2 N–H and O–H groups in total. The second kappa shape index (κ2) is 10.4. The lowest BCUT2D eigenvalue weighted by atomic mass is 9.98. The number of nitrogens with one attached hydrogen (secondary N) is 1. The summed E-state index contributed by atoms with van der Waals surface area (Å²) in [7, 11) is 0. The van der Waals surface area contributed by atoms with Crippen LogP contribution in [0.15, 0.2) is 48.5 Å². The van der Waals surface area contributed by atoms with Crippen molar-refractivity contribution in [3.63, 3.8) is 0 Å². The van der Waals surface area contributed by atoms with E-state index in [2.05, 4.69) is 29.3 Å². The van der Waals surface area contributed by atoms with Gasteiger partial charge in [-0.15, -0.1) is 0 Å². The second-order valence-corrected chi connectivity index (χ2v) is 8.13. The van der Waals surface area contributed by atoms with E-state index >= 15 is 0 Å². The van der Waals surface area contributed by atoms with Crippen LogP contribution in [0.1, 0.15) is 24.0 Å². The summed E-state index contributed by atoms with van der Waals surface area (Å²) in [6.45, 7) is 2.50. The lowest BCUT2D eigenvalue weighted by Gasteiger charge is -2.14. The van der Waals surface area contributed by atoms with Gasteiger partial charge in [0.15, 0.2) is 0 Å². The van der Waals surface area contributed by atoms with Gasteiger partial charge in [0, 0.05) is 25.6 Å². The maximum absolute atomic E-state index is 12.3. The van der Waals surface area contributed by atoms with Crippen LogP contribution in [-0.4, -0.2) is 66.9 Å². The molecule has 0 aromatic heterocycles. The minimum Gasteiger partial charge on any atom is -0.481 e. The molecule has 34 heavy (non-hydrogen) atoms. The van der Waals surface area contributed by atoms with E-state index in [1.165, 1.54) is 4.90 Å². The van der Waals surface area contributed by atoms with Gasteiger partial charge >= 0.3 is 12.1 Å². The number of carboxylic acid groups (broad SMARTS) is 1. The van der Waals surface area contributed by atoms with Crippen molar-refractivity contribution in [1.82, 2.24) is 10.2 Å². The maximum atomic E-state index is 12.3. The Morgan fingerprint density at radius 3 is 2.32 bits per heavy atom. The first-order valence-electron chi connectivity index (χ1n) is 11.2. The number of carbonyl (C=O) groups excluding carboxylic acids is 2. The number of carboxylic acids is 1. The van der Waals surface area contributed by atoms with Crippen LogP contribution in [0.4, 0.5) is 4.79 Å². The van der Waals surface area contributed by atoms with Crippen LogP contribution in [0.3, 0.4) is 0 Å². The van der Waals surface area contributed by atoms with Crippen molar-refractivity contribution in [3.8, 4) is 23.0 Å². The number of amides is 2. The SMILES string of the molecule is CCOC1CN(C(=O)C#CCNC(=O)OCC2c3ccccc3-c3ccccc32)CC1C(=O)O. The summed E-state index contributed by atoms with van der Waals surface area (Å²) in [4.78, 5) is 37.2. The molecule has 1 saturated heterocycles. The van der Waals surface area contributed by atoms with Gasteiger partial charge in [0.2, 0.25) is 0 Å². The fraction of sp³-hybridized carbons (Fsp3) is 0.346. The third-order valence-electron chi connectivity index (χ3n) is 6.11. The number of carbonyl (C=O) groups is 3. The average molecular weight is 463 g/mol. The minimum absolute atomic E-state index is 0.0403. The number of rotatable bonds is 6. The van der Waals surface area contributed by atoms with Crippen LogP contribution in [0, 0.1) is 17.8 Å². The number of aliphatic carboxylic acids is 1. The van der Waals surface area contributed by atoms with E-state index in [0.29, 0.717) is 6.61 Å². The Morgan fingerprint density at radius 2 is 1.71 bits per heavy atom. The topological polar surface area (TPSA) is 105 Å². The third kappa shape index (κ3) is 4.90. The van der Waals surface area contributed by atoms with E-state index < -0.39 is 30.0 Å². The molecule has 1 fully saturated rings. The van der Waals surface area contributed by atoms with Gasteiger partial charge in [0.25, 0.3) is 5.91 Å². The molecule has 8 heteroatoms. The zero-order valence-electron chi connectivity index (χ0n) is 18.8. The summed E-state index contributed by atoms with van der Waals surface area (Å²) in [5.41, 5.74) is 4.54. The van der Waals surface area contributed by atoms with Crippen LogP contribution in [0.2, 0.25) is 0 Å². The highest BCUT2D eigenvalue weighted by Crippen LogP contribution is 2.44. The molecule has 1 aliphatic carbocycles. The quantitative estimate of drug-likeness (QED) is 0.639. The van der Waals surface area contributed by atoms with Crippen molar-refractivity contribution >= 4 is 18.0 Å². The molecule has 0 bridgehead atoms. The van der Waals surface area contributed by atoms with Gasteiger partial charge < -0.3 is 24.8 Å². The van der Waals surface area contributed by atoms with Crippen molar-refractivity contribution in [2.24, 2.45) is 5.92 Å². The summed E-state index contributed by atoms with van der Waals surface area (Å²) < 4.78 is 10.9. The minimum atomic E-state index is -1.00. The Labute approximate surface area is 197 Å². The average Bonchev–Trinajstić information content (AvgIpc) is 3.40. The maximum Gasteiger partial charge on any atom is 0.407 e. The smallest absolute Gasteiger partial charge is 0.407 e. The number of ether oxygens (including phenoxy) is 2. The largest absolute Gasteiger partial charge is 0.481 e. The summed E-state index contributed by atoms with van der Waals surface area (Å²) in [6.07, 6.45) is -1.17. The van der Waals surface area contributed by atoms with E-state index in [1.54, 1.807) is 6.92 Å². The molecule has 0 spiro atoms. The van der Waals surface area contributed by atoms with Gasteiger partial charge in [-0.25, -0.2) is 4.79 Å². The van der Waals surface area contributed by atoms with E-state index in [1.807, 2.05) is 36.4 Å². The van der Waals surface area contributed by atoms with Gasteiger partial charge in [-0.1, -0.05) is 54.5 Å². The van der Waals surface area contributed by atoms with Gasteiger partial charge in [0.05, 0.1) is 12.6 Å². The number of hydrogen-bond acceptors (Lipinski definition) is 5. The number of alkyl carbamates (subject to hydrolysis) is 1. The van der Waals surface area contributed by atoms with Crippen molar-refractivity contribution < 1.29 is 29.0 Å². The molecule has 4 rings (SSSR count). The lowest BCUT2D eigenvalue weighted by Crippen LogP contribution is -2.29. The second-order valence-electron chi connectivity index (χ2n) is 8.13.